The number of benzene rings is 1. The number of rotatable bonds is 2. The molecule has 3 nitrogen and oxygen atoms in total. The van der Waals surface area contributed by atoms with Gasteiger partial charge in [0.1, 0.15) is 0 Å². The van der Waals surface area contributed by atoms with Gasteiger partial charge in [0, 0.05) is 29.9 Å². The summed E-state index contributed by atoms with van der Waals surface area (Å²) < 4.78 is 6.74. The highest BCUT2D eigenvalue weighted by Crippen LogP contribution is 2.30. The van der Waals surface area contributed by atoms with E-state index in [-0.39, 0.29) is 0 Å². The van der Waals surface area contributed by atoms with E-state index in [4.69, 9.17) is 17.0 Å². The maximum atomic E-state index is 5.60. The molecule has 0 amide bonds. The van der Waals surface area contributed by atoms with E-state index in [1.807, 2.05) is 0 Å². The molecular weight excluding hydrogens is 324 g/mol. The monoisotopic (exact) mass is 340 g/mol. The van der Waals surface area contributed by atoms with Crippen molar-refractivity contribution in [2.24, 2.45) is 0 Å². The minimum absolute atomic E-state index is 0.324. The molecule has 0 aromatic heterocycles. The van der Waals surface area contributed by atoms with Crippen LogP contribution in [-0.2, 0) is 11.2 Å². The van der Waals surface area contributed by atoms with Crippen molar-refractivity contribution in [2.45, 2.75) is 25.4 Å². The lowest BCUT2D eigenvalue weighted by Gasteiger charge is -2.22. The highest BCUT2D eigenvalue weighted by Gasteiger charge is 2.23. The molecule has 5 heteroatoms. The molecule has 1 N–H and O–H groups in total. The summed E-state index contributed by atoms with van der Waals surface area (Å²) in [5.41, 5.74) is 2.59. The SMILES string of the molecule is S=C(NCC1CCCO1)N1CCc2cc(Br)ccc21. The Morgan fingerprint density at radius 1 is 1.53 bits per heavy atom. The lowest BCUT2D eigenvalue weighted by atomic mass is 10.2. The van der Waals surface area contributed by atoms with Gasteiger partial charge in [0.15, 0.2) is 5.11 Å². The van der Waals surface area contributed by atoms with E-state index in [1.165, 1.54) is 17.7 Å². The van der Waals surface area contributed by atoms with E-state index in [0.717, 1.165) is 42.1 Å². The van der Waals surface area contributed by atoms with Crippen LogP contribution < -0.4 is 10.2 Å². The number of hydrogen-bond donors (Lipinski definition) is 1. The lowest BCUT2D eigenvalue weighted by Crippen LogP contribution is -2.41. The number of halogens is 1. The van der Waals surface area contributed by atoms with Crippen molar-refractivity contribution in [3.05, 3.63) is 28.2 Å². The summed E-state index contributed by atoms with van der Waals surface area (Å²) >= 11 is 9.02. The van der Waals surface area contributed by atoms with Crippen molar-refractivity contribution < 1.29 is 4.74 Å². The second kappa shape index (κ2) is 5.77. The van der Waals surface area contributed by atoms with E-state index in [0.29, 0.717) is 6.10 Å². The lowest BCUT2D eigenvalue weighted by molar-refractivity contribution is 0.114. The minimum atomic E-state index is 0.324. The Labute approximate surface area is 127 Å². The maximum Gasteiger partial charge on any atom is 0.173 e. The standard InChI is InChI=1S/C14H17BrN2OS/c15-11-3-4-13-10(8-11)5-6-17(13)14(19)16-9-12-2-1-7-18-12/h3-4,8,12H,1-2,5-7,9H2,(H,16,19). The molecule has 0 aliphatic carbocycles. The first-order valence-electron chi connectivity index (χ1n) is 6.69. The fourth-order valence-electron chi connectivity index (χ4n) is 2.68. The third-order valence-electron chi connectivity index (χ3n) is 3.69. The van der Waals surface area contributed by atoms with Gasteiger partial charge in [-0.3, -0.25) is 0 Å². The number of anilines is 1. The van der Waals surface area contributed by atoms with Gasteiger partial charge in [-0.15, -0.1) is 0 Å². The van der Waals surface area contributed by atoms with Crippen molar-refractivity contribution in [3.63, 3.8) is 0 Å². The van der Waals surface area contributed by atoms with Gasteiger partial charge in [0.05, 0.1) is 6.10 Å². The van der Waals surface area contributed by atoms with Crippen LogP contribution in [0.3, 0.4) is 0 Å². The van der Waals surface area contributed by atoms with Gasteiger partial charge in [-0.2, -0.15) is 0 Å². The van der Waals surface area contributed by atoms with E-state index < -0.39 is 0 Å². The van der Waals surface area contributed by atoms with Crippen molar-refractivity contribution in [1.82, 2.24) is 5.32 Å². The van der Waals surface area contributed by atoms with Crippen molar-refractivity contribution in [1.29, 1.82) is 0 Å². The molecule has 1 unspecified atom stereocenters. The summed E-state index contributed by atoms with van der Waals surface area (Å²) in [5, 5.41) is 4.16. The molecule has 3 rings (SSSR count). The Balaban J connectivity index is 1.62. The number of thiocarbonyl (C=S) groups is 1. The molecule has 1 atom stereocenters. The Kier molecular flexibility index (Phi) is 4.05. The Morgan fingerprint density at radius 3 is 3.21 bits per heavy atom. The van der Waals surface area contributed by atoms with Crippen LogP contribution in [0.15, 0.2) is 22.7 Å². The van der Waals surface area contributed by atoms with Gasteiger partial charge < -0.3 is 15.0 Å². The van der Waals surface area contributed by atoms with Gasteiger partial charge in [0.2, 0.25) is 0 Å². The fraction of sp³-hybridized carbons (Fsp3) is 0.500. The van der Waals surface area contributed by atoms with E-state index in [9.17, 15) is 0 Å². The topological polar surface area (TPSA) is 24.5 Å². The first-order valence-corrected chi connectivity index (χ1v) is 7.89. The number of fused-ring (bicyclic) bond motifs is 1. The molecule has 1 saturated heterocycles. The van der Waals surface area contributed by atoms with E-state index in [1.54, 1.807) is 0 Å². The molecule has 1 aromatic carbocycles. The predicted octanol–water partition coefficient (Wildman–Crippen LogP) is 2.87. The molecule has 0 radical (unpaired) electrons. The number of nitrogens with zero attached hydrogens (tertiary/aromatic N) is 1. The minimum Gasteiger partial charge on any atom is -0.376 e. The third kappa shape index (κ3) is 2.93. The number of nitrogens with one attached hydrogen (secondary N) is 1. The van der Waals surface area contributed by atoms with Gasteiger partial charge in [-0.25, -0.2) is 0 Å². The number of ether oxygens (including phenoxy) is 1. The normalized spacial score (nSPS) is 21.5. The second-order valence-electron chi connectivity index (χ2n) is 5.00. The summed E-state index contributed by atoms with van der Waals surface area (Å²) in [6.45, 7) is 2.67. The first kappa shape index (κ1) is 13.3. The van der Waals surface area contributed by atoms with Crippen LogP contribution in [0.1, 0.15) is 18.4 Å². The van der Waals surface area contributed by atoms with Gasteiger partial charge in [0.25, 0.3) is 0 Å². The summed E-state index contributed by atoms with van der Waals surface area (Å²) in [6.07, 6.45) is 3.68. The van der Waals surface area contributed by atoms with Crippen LogP contribution in [0.2, 0.25) is 0 Å². The number of hydrogen-bond acceptors (Lipinski definition) is 2. The first-order chi connectivity index (χ1) is 9.24. The molecule has 0 bridgehead atoms. The van der Waals surface area contributed by atoms with Crippen LogP contribution in [0.4, 0.5) is 5.69 Å². The largest absolute Gasteiger partial charge is 0.376 e. The second-order valence-corrected chi connectivity index (χ2v) is 6.30. The quantitative estimate of drug-likeness (QED) is 0.836. The van der Waals surface area contributed by atoms with Crippen LogP contribution in [0.5, 0.6) is 0 Å². The average molecular weight is 341 g/mol. The van der Waals surface area contributed by atoms with Crippen LogP contribution in [-0.4, -0.2) is 30.9 Å². The molecule has 19 heavy (non-hydrogen) atoms. The van der Waals surface area contributed by atoms with Gasteiger partial charge >= 0.3 is 0 Å². The summed E-state index contributed by atoms with van der Waals surface area (Å²) in [6, 6.07) is 6.38. The van der Waals surface area contributed by atoms with Crippen molar-refractivity contribution >= 4 is 38.9 Å². The zero-order valence-electron chi connectivity index (χ0n) is 10.7. The molecule has 2 heterocycles. The van der Waals surface area contributed by atoms with Crippen LogP contribution >= 0.6 is 28.1 Å². The zero-order valence-corrected chi connectivity index (χ0v) is 13.1. The van der Waals surface area contributed by atoms with E-state index >= 15 is 0 Å². The summed E-state index contributed by atoms with van der Waals surface area (Å²) in [7, 11) is 0. The molecule has 0 spiro atoms. The van der Waals surface area contributed by atoms with Gasteiger partial charge in [-0.1, -0.05) is 15.9 Å². The van der Waals surface area contributed by atoms with Crippen LogP contribution in [0.25, 0.3) is 0 Å². The molecule has 0 saturated carbocycles. The Bertz CT molecular complexity index is 488. The van der Waals surface area contributed by atoms with Crippen molar-refractivity contribution in [2.75, 3.05) is 24.6 Å². The van der Waals surface area contributed by atoms with E-state index in [2.05, 4.69) is 44.3 Å². The highest BCUT2D eigenvalue weighted by atomic mass is 79.9. The molecule has 1 fully saturated rings. The summed E-state index contributed by atoms with van der Waals surface area (Å²) in [5.74, 6) is 0. The molecule has 2 aliphatic heterocycles. The highest BCUT2D eigenvalue weighted by molar-refractivity contribution is 9.10. The van der Waals surface area contributed by atoms with Crippen molar-refractivity contribution in [3.8, 4) is 0 Å². The third-order valence-corrected chi connectivity index (χ3v) is 4.55. The zero-order chi connectivity index (χ0) is 13.2. The van der Waals surface area contributed by atoms with Gasteiger partial charge in [-0.05, 0) is 55.2 Å². The Hall–Kier alpha value is -0.650. The molecule has 2 aliphatic rings. The maximum absolute atomic E-state index is 5.60. The summed E-state index contributed by atoms with van der Waals surface area (Å²) in [4.78, 5) is 2.19. The predicted molar refractivity (Wildman–Crippen MR) is 84.8 cm³/mol. The molecule has 102 valence electrons. The molecule has 1 aromatic rings. The fourth-order valence-corrected chi connectivity index (χ4v) is 3.36. The smallest absolute Gasteiger partial charge is 0.173 e. The average Bonchev–Trinajstić information content (AvgIpc) is 3.04. The van der Waals surface area contributed by atoms with Crippen LogP contribution in [0, 0.1) is 0 Å². The Morgan fingerprint density at radius 2 is 2.42 bits per heavy atom. The molecular formula is C14H17BrN2OS.